The lowest BCUT2D eigenvalue weighted by Gasteiger charge is -2.38. The van der Waals surface area contributed by atoms with Crippen LogP contribution >= 0.6 is 0 Å². The Morgan fingerprint density at radius 3 is 2.20 bits per heavy atom. The molecule has 0 atom stereocenters. The molecule has 0 unspecified atom stereocenters. The number of piperidine rings is 1. The van der Waals surface area contributed by atoms with Crippen molar-refractivity contribution in [1.29, 1.82) is 0 Å². The van der Waals surface area contributed by atoms with Gasteiger partial charge in [-0.05, 0) is 76.2 Å². The summed E-state index contributed by atoms with van der Waals surface area (Å²) in [5, 5.41) is 3.48. The van der Waals surface area contributed by atoms with E-state index in [1.165, 1.54) is 77.7 Å². The molecule has 1 fully saturated rings. The van der Waals surface area contributed by atoms with Crippen LogP contribution in [0.5, 0.6) is 0 Å². The van der Waals surface area contributed by atoms with Crippen LogP contribution in [0.3, 0.4) is 0 Å². The SMILES string of the molecule is CCCNCCCCCCN1CCC(C(C)(C)C)CC1. The second-order valence-electron chi connectivity index (χ2n) is 7.65. The van der Waals surface area contributed by atoms with E-state index in [1.807, 2.05) is 0 Å². The molecule has 120 valence electrons. The largest absolute Gasteiger partial charge is 0.317 e. The Hall–Kier alpha value is -0.0800. The van der Waals surface area contributed by atoms with Gasteiger partial charge < -0.3 is 10.2 Å². The summed E-state index contributed by atoms with van der Waals surface area (Å²) in [6, 6.07) is 0. The van der Waals surface area contributed by atoms with Gasteiger partial charge in [-0.2, -0.15) is 0 Å². The van der Waals surface area contributed by atoms with Crippen LogP contribution in [0, 0.1) is 11.3 Å². The van der Waals surface area contributed by atoms with Crippen molar-refractivity contribution in [1.82, 2.24) is 10.2 Å². The fourth-order valence-electron chi connectivity index (χ4n) is 3.26. The van der Waals surface area contributed by atoms with Gasteiger partial charge in [0.25, 0.3) is 0 Å². The minimum Gasteiger partial charge on any atom is -0.317 e. The van der Waals surface area contributed by atoms with Crippen molar-refractivity contribution in [2.45, 2.75) is 72.6 Å². The van der Waals surface area contributed by atoms with Gasteiger partial charge in [-0.1, -0.05) is 40.5 Å². The van der Waals surface area contributed by atoms with E-state index in [2.05, 4.69) is 37.9 Å². The summed E-state index contributed by atoms with van der Waals surface area (Å²) in [4.78, 5) is 2.69. The highest BCUT2D eigenvalue weighted by molar-refractivity contribution is 4.80. The summed E-state index contributed by atoms with van der Waals surface area (Å²) in [6.45, 7) is 15.8. The zero-order valence-electron chi connectivity index (χ0n) is 14.5. The molecule has 0 spiro atoms. The third-order valence-corrected chi connectivity index (χ3v) is 4.82. The minimum atomic E-state index is 0.511. The normalized spacial score (nSPS) is 18.6. The lowest BCUT2D eigenvalue weighted by atomic mass is 9.75. The third kappa shape index (κ3) is 7.64. The molecule has 0 aromatic rings. The maximum Gasteiger partial charge on any atom is -0.00159 e. The van der Waals surface area contributed by atoms with Gasteiger partial charge in [0.1, 0.15) is 0 Å². The van der Waals surface area contributed by atoms with Crippen LogP contribution in [-0.4, -0.2) is 37.6 Å². The molecule has 0 saturated carbocycles. The molecule has 0 aliphatic carbocycles. The van der Waals surface area contributed by atoms with Gasteiger partial charge in [0.15, 0.2) is 0 Å². The summed E-state index contributed by atoms with van der Waals surface area (Å²) in [5.41, 5.74) is 0.511. The highest BCUT2D eigenvalue weighted by Crippen LogP contribution is 2.34. The van der Waals surface area contributed by atoms with E-state index >= 15 is 0 Å². The predicted octanol–water partition coefficient (Wildman–Crippen LogP) is 4.30. The Balaban J connectivity index is 1.94. The van der Waals surface area contributed by atoms with Gasteiger partial charge in [-0.15, -0.1) is 0 Å². The van der Waals surface area contributed by atoms with Crippen LogP contribution in [0.2, 0.25) is 0 Å². The number of hydrogen-bond donors (Lipinski definition) is 1. The van der Waals surface area contributed by atoms with Crippen molar-refractivity contribution >= 4 is 0 Å². The second kappa shape index (κ2) is 9.78. The van der Waals surface area contributed by atoms with E-state index < -0.39 is 0 Å². The highest BCUT2D eigenvalue weighted by atomic mass is 15.1. The van der Waals surface area contributed by atoms with Crippen LogP contribution in [0.4, 0.5) is 0 Å². The standard InChI is InChI=1S/C18H38N2/c1-5-12-19-13-8-6-7-9-14-20-15-10-17(11-16-20)18(2,3)4/h17,19H,5-16H2,1-4H3. The zero-order valence-corrected chi connectivity index (χ0v) is 14.5. The summed E-state index contributed by atoms with van der Waals surface area (Å²) in [6.07, 6.45) is 9.63. The quantitative estimate of drug-likeness (QED) is 0.634. The van der Waals surface area contributed by atoms with Gasteiger partial charge in [0.2, 0.25) is 0 Å². The molecule has 1 saturated heterocycles. The average molecular weight is 283 g/mol. The van der Waals surface area contributed by atoms with Crippen molar-refractivity contribution in [3.05, 3.63) is 0 Å². The molecule has 0 bridgehead atoms. The van der Waals surface area contributed by atoms with Crippen molar-refractivity contribution < 1.29 is 0 Å². The molecule has 2 nitrogen and oxygen atoms in total. The number of hydrogen-bond acceptors (Lipinski definition) is 2. The number of likely N-dealkylation sites (tertiary alicyclic amines) is 1. The van der Waals surface area contributed by atoms with Gasteiger partial charge >= 0.3 is 0 Å². The third-order valence-electron chi connectivity index (χ3n) is 4.82. The summed E-state index contributed by atoms with van der Waals surface area (Å²) >= 11 is 0. The smallest absolute Gasteiger partial charge is 0.00159 e. The van der Waals surface area contributed by atoms with Crippen molar-refractivity contribution in [2.75, 3.05) is 32.7 Å². The van der Waals surface area contributed by atoms with Crippen molar-refractivity contribution in [2.24, 2.45) is 11.3 Å². The Kier molecular flexibility index (Phi) is 8.79. The van der Waals surface area contributed by atoms with E-state index in [1.54, 1.807) is 0 Å². The molecule has 0 amide bonds. The number of rotatable bonds is 9. The molecular formula is C18H38N2. The molecular weight excluding hydrogens is 244 g/mol. The number of nitrogens with one attached hydrogen (secondary N) is 1. The van der Waals surface area contributed by atoms with Crippen LogP contribution in [-0.2, 0) is 0 Å². The monoisotopic (exact) mass is 282 g/mol. The molecule has 20 heavy (non-hydrogen) atoms. The molecule has 1 aliphatic heterocycles. The van der Waals surface area contributed by atoms with Gasteiger partial charge in [-0.25, -0.2) is 0 Å². The number of nitrogens with zero attached hydrogens (tertiary/aromatic N) is 1. The summed E-state index contributed by atoms with van der Waals surface area (Å²) < 4.78 is 0. The van der Waals surface area contributed by atoms with E-state index in [0.29, 0.717) is 5.41 Å². The van der Waals surface area contributed by atoms with Gasteiger partial charge in [0.05, 0.1) is 0 Å². The Morgan fingerprint density at radius 2 is 1.60 bits per heavy atom. The molecule has 1 rings (SSSR count). The van der Waals surface area contributed by atoms with E-state index in [-0.39, 0.29) is 0 Å². The fourth-order valence-corrected chi connectivity index (χ4v) is 3.26. The molecule has 1 aliphatic rings. The summed E-state index contributed by atoms with van der Waals surface area (Å²) in [7, 11) is 0. The van der Waals surface area contributed by atoms with Gasteiger partial charge in [0, 0.05) is 0 Å². The second-order valence-corrected chi connectivity index (χ2v) is 7.65. The zero-order chi connectivity index (χ0) is 14.8. The molecule has 0 radical (unpaired) electrons. The predicted molar refractivity (Wildman–Crippen MR) is 90.2 cm³/mol. The first kappa shape index (κ1) is 18.0. The maximum atomic E-state index is 3.48. The lowest BCUT2D eigenvalue weighted by molar-refractivity contribution is 0.111. The Bertz CT molecular complexity index is 224. The van der Waals surface area contributed by atoms with E-state index in [0.717, 1.165) is 5.92 Å². The average Bonchev–Trinajstić information content (AvgIpc) is 2.41. The van der Waals surface area contributed by atoms with Crippen molar-refractivity contribution in [3.8, 4) is 0 Å². The molecule has 1 heterocycles. The Morgan fingerprint density at radius 1 is 0.950 bits per heavy atom. The fraction of sp³-hybridized carbons (Fsp3) is 1.00. The first-order chi connectivity index (χ1) is 9.54. The number of unbranched alkanes of at least 4 members (excludes halogenated alkanes) is 3. The van der Waals surface area contributed by atoms with Crippen molar-refractivity contribution in [3.63, 3.8) is 0 Å². The lowest BCUT2D eigenvalue weighted by Crippen LogP contribution is -2.38. The van der Waals surface area contributed by atoms with Crippen LogP contribution in [0.15, 0.2) is 0 Å². The Labute approximate surface area is 127 Å². The van der Waals surface area contributed by atoms with Crippen LogP contribution in [0.25, 0.3) is 0 Å². The van der Waals surface area contributed by atoms with Crippen LogP contribution < -0.4 is 5.32 Å². The maximum absolute atomic E-state index is 3.48. The molecule has 0 aromatic carbocycles. The van der Waals surface area contributed by atoms with Gasteiger partial charge in [-0.3, -0.25) is 0 Å². The molecule has 2 heteroatoms. The first-order valence-electron chi connectivity index (χ1n) is 8.97. The molecule has 0 aromatic heterocycles. The van der Waals surface area contributed by atoms with E-state index in [9.17, 15) is 0 Å². The minimum absolute atomic E-state index is 0.511. The first-order valence-corrected chi connectivity index (χ1v) is 8.97. The highest BCUT2D eigenvalue weighted by Gasteiger charge is 2.28. The van der Waals surface area contributed by atoms with E-state index in [4.69, 9.17) is 0 Å². The topological polar surface area (TPSA) is 15.3 Å². The molecule has 1 N–H and O–H groups in total. The summed E-state index contributed by atoms with van der Waals surface area (Å²) in [5.74, 6) is 0.934. The van der Waals surface area contributed by atoms with Crippen LogP contribution in [0.1, 0.15) is 72.6 Å².